The summed E-state index contributed by atoms with van der Waals surface area (Å²) in [6.07, 6.45) is 1.85. The molecule has 198 valence electrons. The van der Waals surface area contributed by atoms with E-state index < -0.39 is 11.7 Å². The Morgan fingerprint density at radius 3 is 2.78 bits per heavy atom. The number of likely N-dealkylation sites (N-methyl/N-ethyl adjacent to an activating group) is 1. The normalized spacial score (nSPS) is 20.4. The fraction of sp³-hybridized carbons (Fsp3) is 0.615. The molecule has 2 unspecified atom stereocenters. The number of aliphatic hydroxyl groups excluding tert-OH is 2. The number of hydrogen-bond donors (Lipinski definition) is 5. The highest BCUT2D eigenvalue weighted by atomic mass is 16.5. The highest BCUT2D eigenvalue weighted by Gasteiger charge is 2.33. The number of rotatable bonds is 11. The molecule has 2 fully saturated rings. The van der Waals surface area contributed by atoms with Crippen LogP contribution in [0.15, 0.2) is 24.3 Å². The van der Waals surface area contributed by atoms with Gasteiger partial charge in [-0.15, -0.1) is 0 Å². The van der Waals surface area contributed by atoms with Crippen LogP contribution >= 0.6 is 0 Å². The van der Waals surface area contributed by atoms with Gasteiger partial charge < -0.3 is 40.3 Å². The van der Waals surface area contributed by atoms with Crippen molar-refractivity contribution in [2.75, 3.05) is 63.3 Å². The summed E-state index contributed by atoms with van der Waals surface area (Å²) in [6.45, 7) is 5.30. The summed E-state index contributed by atoms with van der Waals surface area (Å²) in [5.41, 5.74) is 0.943. The molecule has 10 heteroatoms. The smallest absolute Gasteiger partial charge is 0.164 e. The zero-order chi connectivity index (χ0) is 25.5. The number of piperidine rings is 1. The average molecular weight is 502 g/mol. The van der Waals surface area contributed by atoms with Crippen LogP contribution in [0.2, 0.25) is 0 Å². The largest absolute Gasteiger partial charge is 0.491 e. The summed E-state index contributed by atoms with van der Waals surface area (Å²) in [5, 5.41) is 36.5. The summed E-state index contributed by atoms with van der Waals surface area (Å²) >= 11 is 0. The molecule has 2 aliphatic rings. The van der Waals surface area contributed by atoms with Crippen LogP contribution in [0.1, 0.15) is 31.2 Å². The lowest BCUT2D eigenvalue weighted by Crippen LogP contribution is -2.45. The van der Waals surface area contributed by atoms with Gasteiger partial charge in [0.15, 0.2) is 5.82 Å². The van der Waals surface area contributed by atoms with Crippen molar-refractivity contribution in [3.8, 4) is 17.1 Å². The van der Waals surface area contributed by atoms with Gasteiger partial charge in [0.05, 0.1) is 18.2 Å². The van der Waals surface area contributed by atoms with Crippen molar-refractivity contribution in [2.24, 2.45) is 0 Å². The molecule has 1 aromatic heterocycles. The van der Waals surface area contributed by atoms with Crippen LogP contribution in [0.3, 0.4) is 0 Å². The lowest BCUT2D eigenvalue weighted by molar-refractivity contribution is -0.00545. The van der Waals surface area contributed by atoms with Gasteiger partial charge in [-0.25, -0.2) is 9.97 Å². The first-order valence-electron chi connectivity index (χ1n) is 12.8. The molecular weight excluding hydrogens is 462 g/mol. The number of aromatic nitrogens is 2. The van der Waals surface area contributed by atoms with Gasteiger partial charge in [-0.1, -0.05) is 12.1 Å². The molecule has 3 heterocycles. The number of anilines is 2. The molecule has 10 nitrogen and oxygen atoms in total. The second kappa shape index (κ2) is 12.2. The number of nitrogens with one attached hydrogen (secondary N) is 2. The molecule has 2 aliphatic heterocycles. The summed E-state index contributed by atoms with van der Waals surface area (Å²) in [7, 11) is 1.79. The quantitative estimate of drug-likeness (QED) is 0.307. The molecule has 2 aromatic rings. The fourth-order valence-corrected chi connectivity index (χ4v) is 4.73. The van der Waals surface area contributed by atoms with Gasteiger partial charge in [-0.05, 0) is 51.8 Å². The Kier molecular flexibility index (Phi) is 8.97. The molecule has 0 radical (unpaired) electrons. The minimum absolute atomic E-state index is 0.0187. The number of aliphatic hydroxyl groups is 3. The molecule has 0 bridgehead atoms. The second-order valence-corrected chi connectivity index (χ2v) is 9.78. The molecule has 4 rings (SSSR count). The monoisotopic (exact) mass is 501 g/mol. The van der Waals surface area contributed by atoms with Gasteiger partial charge in [-0.2, -0.15) is 0 Å². The van der Waals surface area contributed by atoms with Crippen molar-refractivity contribution in [1.82, 2.24) is 15.3 Å². The van der Waals surface area contributed by atoms with Crippen molar-refractivity contribution in [3.63, 3.8) is 0 Å². The van der Waals surface area contributed by atoms with Crippen molar-refractivity contribution < 1.29 is 24.8 Å². The summed E-state index contributed by atoms with van der Waals surface area (Å²) in [5.74, 6) is 2.83. The Labute approximate surface area is 212 Å². The van der Waals surface area contributed by atoms with E-state index in [0.29, 0.717) is 57.1 Å². The highest BCUT2D eigenvalue weighted by Crippen LogP contribution is 2.34. The van der Waals surface area contributed by atoms with Gasteiger partial charge in [0.1, 0.15) is 30.1 Å². The summed E-state index contributed by atoms with van der Waals surface area (Å²) < 4.78 is 11.3. The highest BCUT2D eigenvalue weighted by molar-refractivity contribution is 5.67. The lowest BCUT2D eigenvalue weighted by Gasteiger charge is -2.39. The summed E-state index contributed by atoms with van der Waals surface area (Å²) in [4.78, 5) is 12.0. The molecule has 2 saturated heterocycles. The van der Waals surface area contributed by atoms with Crippen LogP contribution < -0.4 is 20.3 Å². The van der Waals surface area contributed by atoms with Crippen molar-refractivity contribution >= 4 is 11.6 Å². The maximum Gasteiger partial charge on any atom is 0.164 e. The molecule has 0 amide bonds. The Hall–Kier alpha value is -2.50. The second-order valence-electron chi connectivity index (χ2n) is 9.78. The number of ether oxygens (including phenoxy) is 2. The Bertz CT molecular complexity index is 993. The van der Waals surface area contributed by atoms with E-state index in [1.165, 1.54) is 0 Å². The fourth-order valence-electron chi connectivity index (χ4n) is 4.73. The van der Waals surface area contributed by atoms with Gasteiger partial charge in [0.2, 0.25) is 0 Å². The van der Waals surface area contributed by atoms with E-state index in [0.717, 1.165) is 35.8 Å². The minimum Gasteiger partial charge on any atom is -0.491 e. The Morgan fingerprint density at radius 1 is 1.28 bits per heavy atom. The van der Waals surface area contributed by atoms with Gasteiger partial charge in [0.25, 0.3) is 0 Å². The Balaban J connectivity index is 1.61. The first-order valence-corrected chi connectivity index (χ1v) is 12.8. The van der Waals surface area contributed by atoms with E-state index in [1.54, 1.807) is 7.05 Å². The van der Waals surface area contributed by atoms with Crippen LogP contribution in [0.5, 0.6) is 5.75 Å². The van der Waals surface area contributed by atoms with E-state index in [-0.39, 0.29) is 19.3 Å². The molecular formula is C26H39N5O5. The molecule has 0 spiro atoms. The standard InChI is InChI=1S/C26H39N5O5/c1-18-23(28-20-6-13-35-16-20)29-24(19-4-3-5-22(14-19)36-17-21(33)15-27-2)30-25(18)31-10-7-26(34,8-11-31)9-12-32/h3-5,14,20-21,27,32-34H,6-13,15-17H2,1-2H3,(H,28,29,30). The zero-order valence-corrected chi connectivity index (χ0v) is 21.2. The molecule has 36 heavy (non-hydrogen) atoms. The lowest BCUT2D eigenvalue weighted by atomic mass is 9.88. The van der Waals surface area contributed by atoms with Gasteiger partial charge >= 0.3 is 0 Å². The predicted octanol–water partition coefficient (Wildman–Crippen LogP) is 1.33. The van der Waals surface area contributed by atoms with Crippen LogP contribution in [0.25, 0.3) is 11.4 Å². The minimum atomic E-state index is -0.833. The van der Waals surface area contributed by atoms with Crippen molar-refractivity contribution in [3.05, 3.63) is 29.8 Å². The molecule has 0 aliphatic carbocycles. The zero-order valence-electron chi connectivity index (χ0n) is 21.2. The molecule has 2 atom stereocenters. The molecule has 1 aromatic carbocycles. The van der Waals surface area contributed by atoms with E-state index >= 15 is 0 Å². The number of nitrogens with zero attached hydrogens (tertiary/aromatic N) is 3. The van der Waals surface area contributed by atoms with Crippen molar-refractivity contribution in [1.29, 1.82) is 0 Å². The third-order valence-electron chi connectivity index (χ3n) is 6.94. The number of benzene rings is 1. The third-order valence-corrected chi connectivity index (χ3v) is 6.94. The molecule has 5 N–H and O–H groups in total. The maximum atomic E-state index is 10.8. The SMILES string of the molecule is CNCC(O)COc1cccc(-c2nc(NC3CCOC3)c(C)c(N3CCC(O)(CCO)CC3)n2)c1. The maximum absolute atomic E-state index is 10.8. The van der Waals surface area contributed by atoms with E-state index in [2.05, 4.69) is 15.5 Å². The molecule has 0 saturated carbocycles. The summed E-state index contributed by atoms with van der Waals surface area (Å²) in [6, 6.07) is 7.78. The average Bonchev–Trinajstić information content (AvgIpc) is 3.38. The number of hydrogen-bond acceptors (Lipinski definition) is 10. The van der Waals surface area contributed by atoms with Crippen LogP contribution in [0, 0.1) is 6.92 Å². The predicted molar refractivity (Wildman–Crippen MR) is 139 cm³/mol. The Morgan fingerprint density at radius 2 is 2.08 bits per heavy atom. The first-order chi connectivity index (χ1) is 17.4. The van der Waals surface area contributed by atoms with Crippen LogP contribution in [0.4, 0.5) is 11.6 Å². The van der Waals surface area contributed by atoms with Crippen molar-refractivity contribution in [2.45, 2.75) is 50.4 Å². The van der Waals surface area contributed by atoms with Crippen LogP contribution in [-0.2, 0) is 4.74 Å². The van der Waals surface area contributed by atoms with E-state index in [9.17, 15) is 15.3 Å². The van der Waals surface area contributed by atoms with Gasteiger partial charge in [-0.3, -0.25) is 0 Å². The van der Waals surface area contributed by atoms with E-state index in [4.69, 9.17) is 19.4 Å². The topological polar surface area (TPSA) is 132 Å². The van der Waals surface area contributed by atoms with Gasteiger partial charge in [0, 0.05) is 44.0 Å². The van der Waals surface area contributed by atoms with Crippen LogP contribution in [-0.4, -0.2) is 96.1 Å². The first kappa shape index (κ1) is 26.6. The third kappa shape index (κ3) is 6.63. The van der Waals surface area contributed by atoms with E-state index in [1.807, 2.05) is 31.2 Å².